The minimum atomic E-state index is -3.49. The molecule has 1 aromatic carbocycles. The van der Waals surface area contributed by atoms with Gasteiger partial charge in [-0.3, -0.25) is 4.68 Å². The van der Waals surface area contributed by atoms with Crippen LogP contribution in [0.5, 0.6) is 0 Å². The van der Waals surface area contributed by atoms with Crippen LogP contribution in [0.4, 0.5) is 0 Å². The summed E-state index contributed by atoms with van der Waals surface area (Å²) in [6.07, 6.45) is 1.77. The van der Waals surface area contributed by atoms with Crippen molar-refractivity contribution in [3.63, 3.8) is 0 Å². The van der Waals surface area contributed by atoms with Gasteiger partial charge in [-0.1, -0.05) is 15.9 Å². The fraction of sp³-hybridized carbons (Fsp3) is 0.182. The third-order valence-electron chi connectivity index (χ3n) is 2.34. The van der Waals surface area contributed by atoms with E-state index in [-0.39, 0.29) is 11.4 Å². The van der Waals surface area contributed by atoms with Crippen LogP contribution in [0.15, 0.2) is 45.9 Å². The summed E-state index contributed by atoms with van der Waals surface area (Å²) in [4.78, 5) is 0.238. The van der Waals surface area contributed by atoms with Gasteiger partial charge in [0.15, 0.2) is 0 Å². The van der Waals surface area contributed by atoms with Crippen LogP contribution in [0.2, 0.25) is 0 Å². The van der Waals surface area contributed by atoms with Gasteiger partial charge in [0, 0.05) is 17.7 Å². The van der Waals surface area contributed by atoms with Crippen molar-refractivity contribution in [2.45, 2.75) is 11.4 Å². The van der Waals surface area contributed by atoms with E-state index in [0.29, 0.717) is 5.69 Å². The Kier molecular flexibility index (Phi) is 3.84. The van der Waals surface area contributed by atoms with Gasteiger partial charge in [-0.05, 0) is 30.3 Å². The molecular weight excluding hydrogens is 318 g/mol. The molecule has 0 bridgehead atoms. The van der Waals surface area contributed by atoms with Crippen LogP contribution in [-0.2, 0) is 23.6 Å². The minimum Gasteiger partial charge on any atom is -0.276 e. The smallest absolute Gasteiger partial charge is 0.240 e. The highest BCUT2D eigenvalue weighted by Crippen LogP contribution is 2.14. The molecule has 0 aliphatic heterocycles. The summed E-state index contributed by atoms with van der Waals surface area (Å²) < 4.78 is 28.9. The second-order valence-electron chi connectivity index (χ2n) is 3.76. The standard InChI is InChI=1S/C11H12BrN3O2S/c1-15-7-6-10(14-15)8-13-18(16,17)11-4-2-9(12)3-5-11/h2-7,13H,8H2,1H3. The molecule has 0 radical (unpaired) electrons. The van der Waals surface area contributed by atoms with E-state index in [9.17, 15) is 8.42 Å². The molecule has 0 saturated carbocycles. The second-order valence-corrected chi connectivity index (χ2v) is 6.44. The number of sulfonamides is 1. The first-order valence-corrected chi connectivity index (χ1v) is 7.49. The Morgan fingerprint density at radius 1 is 1.28 bits per heavy atom. The normalized spacial score (nSPS) is 11.7. The monoisotopic (exact) mass is 329 g/mol. The SMILES string of the molecule is Cn1ccc(CNS(=O)(=O)c2ccc(Br)cc2)n1. The van der Waals surface area contributed by atoms with Crippen LogP contribution in [0, 0.1) is 0 Å². The molecule has 0 atom stereocenters. The summed E-state index contributed by atoms with van der Waals surface area (Å²) in [5.41, 5.74) is 0.679. The minimum absolute atomic E-state index is 0.180. The van der Waals surface area contributed by atoms with E-state index in [1.54, 1.807) is 48.3 Å². The molecule has 2 aromatic rings. The molecule has 5 nitrogen and oxygen atoms in total. The first kappa shape index (κ1) is 13.3. The molecule has 0 aliphatic carbocycles. The van der Waals surface area contributed by atoms with Crippen LogP contribution in [0.25, 0.3) is 0 Å². The van der Waals surface area contributed by atoms with Gasteiger partial charge in [0.2, 0.25) is 10.0 Å². The van der Waals surface area contributed by atoms with E-state index >= 15 is 0 Å². The van der Waals surface area contributed by atoms with Crippen LogP contribution in [0.3, 0.4) is 0 Å². The Hall–Kier alpha value is -1.18. The van der Waals surface area contributed by atoms with Gasteiger partial charge >= 0.3 is 0 Å². The van der Waals surface area contributed by atoms with Crippen LogP contribution in [0.1, 0.15) is 5.69 Å². The van der Waals surface area contributed by atoms with Crippen molar-refractivity contribution in [1.29, 1.82) is 0 Å². The molecule has 0 fully saturated rings. The molecule has 0 spiro atoms. The molecule has 96 valence electrons. The molecule has 0 saturated heterocycles. The summed E-state index contributed by atoms with van der Waals surface area (Å²) in [6.45, 7) is 0.180. The van der Waals surface area contributed by atoms with Crippen molar-refractivity contribution in [3.8, 4) is 0 Å². The molecule has 1 heterocycles. The quantitative estimate of drug-likeness (QED) is 0.927. The largest absolute Gasteiger partial charge is 0.276 e. The van der Waals surface area contributed by atoms with E-state index in [2.05, 4.69) is 25.8 Å². The molecular formula is C11H12BrN3O2S. The van der Waals surface area contributed by atoms with E-state index in [0.717, 1.165) is 4.47 Å². The Balaban J connectivity index is 2.10. The van der Waals surface area contributed by atoms with Gasteiger partial charge in [-0.2, -0.15) is 5.10 Å². The van der Waals surface area contributed by atoms with Crippen LogP contribution in [-0.4, -0.2) is 18.2 Å². The van der Waals surface area contributed by atoms with Crippen molar-refractivity contribution < 1.29 is 8.42 Å². The third-order valence-corrected chi connectivity index (χ3v) is 4.28. The highest BCUT2D eigenvalue weighted by molar-refractivity contribution is 9.10. The lowest BCUT2D eigenvalue weighted by Gasteiger charge is -2.05. The molecule has 0 amide bonds. The molecule has 0 aliphatic rings. The highest BCUT2D eigenvalue weighted by Gasteiger charge is 2.13. The van der Waals surface area contributed by atoms with E-state index in [1.165, 1.54) is 0 Å². The molecule has 18 heavy (non-hydrogen) atoms. The average molecular weight is 330 g/mol. The summed E-state index contributed by atoms with van der Waals surface area (Å²) in [6, 6.07) is 8.24. The molecule has 1 N–H and O–H groups in total. The lowest BCUT2D eigenvalue weighted by molar-refractivity contribution is 0.579. The van der Waals surface area contributed by atoms with E-state index < -0.39 is 10.0 Å². The summed E-state index contributed by atoms with van der Waals surface area (Å²) in [7, 11) is -1.70. The first-order valence-electron chi connectivity index (χ1n) is 5.21. The van der Waals surface area contributed by atoms with Gasteiger partial charge in [-0.15, -0.1) is 0 Å². The molecule has 1 aromatic heterocycles. The van der Waals surface area contributed by atoms with Gasteiger partial charge in [0.05, 0.1) is 17.1 Å². The summed E-state index contributed by atoms with van der Waals surface area (Å²) in [5, 5.41) is 4.10. The van der Waals surface area contributed by atoms with E-state index in [4.69, 9.17) is 0 Å². The maximum atomic E-state index is 12.0. The van der Waals surface area contributed by atoms with Gasteiger partial charge in [0.25, 0.3) is 0 Å². The third kappa shape index (κ3) is 3.18. The summed E-state index contributed by atoms with van der Waals surface area (Å²) in [5.74, 6) is 0. The number of aryl methyl sites for hydroxylation is 1. The zero-order valence-corrected chi connectivity index (χ0v) is 12.1. The van der Waals surface area contributed by atoms with Gasteiger partial charge in [-0.25, -0.2) is 13.1 Å². The van der Waals surface area contributed by atoms with Crippen molar-refractivity contribution in [2.24, 2.45) is 7.05 Å². The molecule has 2 rings (SSSR count). The Morgan fingerprint density at radius 2 is 1.94 bits per heavy atom. The predicted molar refractivity (Wildman–Crippen MR) is 71.4 cm³/mol. The lowest BCUT2D eigenvalue weighted by atomic mass is 10.4. The number of halogens is 1. The average Bonchev–Trinajstić information content (AvgIpc) is 2.73. The lowest BCUT2D eigenvalue weighted by Crippen LogP contribution is -2.23. The number of nitrogens with zero attached hydrogens (tertiary/aromatic N) is 2. The van der Waals surface area contributed by atoms with Gasteiger partial charge < -0.3 is 0 Å². The molecule has 0 unspecified atom stereocenters. The first-order chi connectivity index (χ1) is 8.47. The fourth-order valence-corrected chi connectivity index (χ4v) is 2.69. The topological polar surface area (TPSA) is 64.0 Å². The Labute approximate surface area is 114 Å². The number of benzene rings is 1. The Morgan fingerprint density at radius 3 is 2.50 bits per heavy atom. The maximum absolute atomic E-state index is 12.0. The van der Waals surface area contributed by atoms with Crippen molar-refractivity contribution in [3.05, 3.63) is 46.7 Å². The van der Waals surface area contributed by atoms with Crippen molar-refractivity contribution >= 4 is 26.0 Å². The fourth-order valence-electron chi connectivity index (χ4n) is 1.42. The van der Waals surface area contributed by atoms with Crippen LogP contribution >= 0.6 is 15.9 Å². The Bertz CT molecular complexity index is 635. The number of rotatable bonds is 4. The number of aromatic nitrogens is 2. The number of nitrogens with one attached hydrogen (secondary N) is 1. The van der Waals surface area contributed by atoms with Crippen molar-refractivity contribution in [2.75, 3.05) is 0 Å². The zero-order valence-electron chi connectivity index (χ0n) is 9.67. The summed E-state index contributed by atoms with van der Waals surface area (Å²) >= 11 is 3.26. The predicted octanol–water partition coefficient (Wildman–Crippen LogP) is 1.66. The second kappa shape index (κ2) is 5.21. The zero-order chi connectivity index (χ0) is 13.2. The highest BCUT2D eigenvalue weighted by atomic mass is 79.9. The number of hydrogen-bond donors (Lipinski definition) is 1. The molecule has 7 heteroatoms. The van der Waals surface area contributed by atoms with Crippen LogP contribution < -0.4 is 4.72 Å². The van der Waals surface area contributed by atoms with Gasteiger partial charge in [0.1, 0.15) is 0 Å². The van der Waals surface area contributed by atoms with Crippen molar-refractivity contribution in [1.82, 2.24) is 14.5 Å². The maximum Gasteiger partial charge on any atom is 0.240 e. The number of hydrogen-bond acceptors (Lipinski definition) is 3. The van der Waals surface area contributed by atoms with E-state index in [1.807, 2.05) is 0 Å².